The first-order valence-electron chi connectivity index (χ1n) is 6.59. The first kappa shape index (κ1) is 15.2. The normalized spacial score (nSPS) is 12.4. The van der Waals surface area contributed by atoms with Crippen molar-refractivity contribution in [2.45, 2.75) is 18.2 Å². The SMILES string of the molecule is COCCc1ccc(C(Br)c2ccc(F)cc2C)cc1. The van der Waals surface area contributed by atoms with E-state index >= 15 is 0 Å². The lowest BCUT2D eigenvalue weighted by Gasteiger charge is -2.14. The Bertz CT molecular complexity index is 566. The van der Waals surface area contributed by atoms with Crippen LogP contribution in [0.3, 0.4) is 0 Å². The number of methoxy groups -OCH3 is 1. The third-order valence-electron chi connectivity index (χ3n) is 3.37. The van der Waals surface area contributed by atoms with E-state index in [1.807, 2.05) is 13.0 Å². The molecule has 0 bridgehead atoms. The van der Waals surface area contributed by atoms with Gasteiger partial charge in [0.1, 0.15) is 5.82 Å². The van der Waals surface area contributed by atoms with Crippen LogP contribution in [0.5, 0.6) is 0 Å². The molecule has 0 amide bonds. The highest BCUT2D eigenvalue weighted by Gasteiger charge is 2.13. The number of hydrogen-bond acceptors (Lipinski definition) is 1. The van der Waals surface area contributed by atoms with Crippen LogP contribution in [-0.2, 0) is 11.2 Å². The smallest absolute Gasteiger partial charge is 0.123 e. The fourth-order valence-electron chi connectivity index (χ4n) is 2.18. The summed E-state index contributed by atoms with van der Waals surface area (Å²) in [4.78, 5) is 0.0829. The summed E-state index contributed by atoms with van der Waals surface area (Å²) < 4.78 is 18.2. The first-order valence-corrected chi connectivity index (χ1v) is 7.51. The predicted octanol–water partition coefficient (Wildman–Crippen LogP) is 4.81. The average molecular weight is 337 g/mol. The molecule has 0 aliphatic rings. The van der Waals surface area contributed by atoms with Gasteiger partial charge in [-0.25, -0.2) is 4.39 Å². The predicted molar refractivity (Wildman–Crippen MR) is 83.9 cm³/mol. The van der Waals surface area contributed by atoms with Crippen LogP contribution >= 0.6 is 15.9 Å². The van der Waals surface area contributed by atoms with E-state index in [1.54, 1.807) is 13.2 Å². The molecule has 0 spiro atoms. The van der Waals surface area contributed by atoms with Crippen molar-refractivity contribution in [3.8, 4) is 0 Å². The lowest BCUT2D eigenvalue weighted by atomic mass is 9.99. The van der Waals surface area contributed by atoms with Crippen LogP contribution in [0, 0.1) is 12.7 Å². The van der Waals surface area contributed by atoms with Crippen LogP contribution in [0.1, 0.15) is 27.1 Å². The minimum Gasteiger partial charge on any atom is -0.384 e. The molecule has 0 aromatic heterocycles. The van der Waals surface area contributed by atoms with E-state index in [1.165, 1.54) is 17.2 Å². The average Bonchev–Trinajstić information content (AvgIpc) is 2.45. The van der Waals surface area contributed by atoms with Gasteiger partial charge in [0.15, 0.2) is 0 Å². The van der Waals surface area contributed by atoms with Crippen LogP contribution < -0.4 is 0 Å². The van der Waals surface area contributed by atoms with Gasteiger partial charge in [-0.3, -0.25) is 0 Å². The van der Waals surface area contributed by atoms with Gasteiger partial charge in [-0.2, -0.15) is 0 Å². The topological polar surface area (TPSA) is 9.23 Å². The molecule has 1 atom stereocenters. The number of ether oxygens (including phenoxy) is 1. The molecule has 0 fully saturated rings. The molecule has 0 aliphatic heterocycles. The van der Waals surface area contributed by atoms with Crippen molar-refractivity contribution >= 4 is 15.9 Å². The number of halogens is 2. The monoisotopic (exact) mass is 336 g/mol. The summed E-state index contributed by atoms with van der Waals surface area (Å²) in [5.41, 5.74) is 4.47. The van der Waals surface area contributed by atoms with Crippen molar-refractivity contribution in [1.82, 2.24) is 0 Å². The van der Waals surface area contributed by atoms with Crippen molar-refractivity contribution in [3.63, 3.8) is 0 Å². The number of benzene rings is 2. The number of alkyl halides is 1. The van der Waals surface area contributed by atoms with Crippen LogP contribution in [0.25, 0.3) is 0 Å². The number of hydrogen-bond donors (Lipinski definition) is 0. The third-order valence-corrected chi connectivity index (χ3v) is 4.39. The standard InChI is InChI=1S/C17H18BrFO/c1-12-11-15(19)7-8-16(12)17(18)14-5-3-13(4-6-14)9-10-20-2/h3-8,11,17H,9-10H2,1-2H3. The highest BCUT2D eigenvalue weighted by molar-refractivity contribution is 9.09. The van der Waals surface area contributed by atoms with Gasteiger partial charge in [-0.15, -0.1) is 0 Å². The zero-order valence-corrected chi connectivity index (χ0v) is 13.3. The molecule has 3 heteroatoms. The molecule has 0 saturated carbocycles. The summed E-state index contributed by atoms with van der Waals surface area (Å²) >= 11 is 3.70. The molecule has 106 valence electrons. The Morgan fingerprint density at radius 3 is 2.45 bits per heavy atom. The largest absolute Gasteiger partial charge is 0.384 e. The highest BCUT2D eigenvalue weighted by atomic mass is 79.9. The summed E-state index contributed by atoms with van der Waals surface area (Å²) in [6.07, 6.45) is 0.916. The van der Waals surface area contributed by atoms with Gasteiger partial charge in [-0.1, -0.05) is 46.3 Å². The molecular formula is C17H18BrFO. The molecule has 0 saturated heterocycles. The fraction of sp³-hybridized carbons (Fsp3) is 0.294. The summed E-state index contributed by atoms with van der Waals surface area (Å²) in [7, 11) is 1.71. The maximum atomic E-state index is 13.2. The lowest BCUT2D eigenvalue weighted by molar-refractivity contribution is 0.202. The van der Waals surface area contributed by atoms with E-state index < -0.39 is 0 Å². The van der Waals surface area contributed by atoms with Gasteiger partial charge in [-0.05, 0) is 47.7 Å². The molecular weight excluding hydrogens is 319 g/mol. The van der Waals surface area contributed by atoms with E-state index in [0.717, 1.165) is 24.2 Å². The Kier molecular flexibility index (Phi) is 5.32. The van der Waals surface area contributed by atoms with E-state index in [9.17, 15) is 4.39 Å². The molecule has 0 radical (unpaired) electrons. The first-order chi connectivity index (χ1) is 9.61. The summed E-state index contributed by atoms with van der Waals surface area (Å²) in [5, 5.41) is 0. The molecule has 1 nitrogen and oxygen atoms in total. The van der Waals surface area contributed by atoms with E-state index in [-0.39, 0.29) is 10.6 Å². The van der Waals surface area contributed by atoms with Crippen molar-refractivity contribution < 1.29 is 9.13 Å². The molecule has 1 unspecified atom stereocenters. The zero-order valence-electron chi connectivity index (χ0n) is 11.7. The second kappa shape index (κ2) is 7.00. The maximum absolute atomic E-state index is 13.2. The van der Waals surface area contributed by atoms with E-state index in [0.29, 0.717) is 0 Å². The van der Waals surface area contributed by atoms with Gasteiger partial charge in [0.2, 0.25) is 0 Å². The van der Waals surface area contributed by atoms with Crippen molar-refractivity contribution in [2.24, 2.45) is 0 Å². The van der Waals surface area contributed by atoms with Crippen molar-refractivity contribution in [1.29, 1.82) is 0 Å². The minimum absolute atomic E-state index is 0.0829. The molecule has 20 heavy (non-hydrogen) atoms. The van der Waals surface area contributed by atoms with Crippen molar-refractivity contribution in [3.05, 3.63) is 70.5 Å². The van der Waals surface area contributed by atoms with Crippen LogP contribution in [0.4, 0.5) is 4.39 Å². The maximum Gasteiger partial charge on any atom is 0.123 e. The molecule has 0 heterocycles. The molecule has 2 rings (SSSR count). The van der Waals surface area contributed by atoms with Crippen molar-refractivity contribution in [2.75, 3.05) is 13.7 Å². The Balaban J connectivity index is 2.18. The Labute approximate surface area is 127 Å². The second-order valence-corrected chi connectivity index (χ2v) is 5.76. The molecule has 0 N–H and O–H groups in total. The third kappa shape index (κ3) is 3.68. The zero-order chi connectivity index (χ0) is 14.5. The number of rotatable bonds is 5. The Morgan fingerprint density at radius 2 is 1.85 bits per heavy atom. The molecule has 2 aromatic rings. The van der Waals surface area contributed by atoms with Gasteiger partial charge >= 0.3 is 0 Å². The lowest BCUT2D eigenvalue weighted by Crippen LogP contribution is -1.98. The van der Waals surface area contributed by atoms with Crippen LogP contribution in [-0.4, -0.2) is 13.7 Å². The molecule has 0 aliphatic carbocycles. The second-order valence-electron chi connectivity index (χ2n) is 4.85. The van der Waals surface area contributed by atoms with Crippen LogP contribution in [0.15, 0.2) is 42.5 Å². The summed E-state index contributed by atoms with van der Waals surface area (Å²) in [6.45, 7) is 2.66. The highest BCUT2D eigenvalue weighted by Crippen LogP contribution is 2.33. The van der Waals surface area contributed by atoms with Gasteiger partial charge in [0.05, 0.1) is 11.4 Å². The van der Waals surface area contributed by atoms with Gasteiger partial charge in [0.25, 0.3) is 0 Å². The summed E-state index contributed by atoms with van der Waals surface area (Å²) in [6, 6.07) is 13.3. The number of aryl methyl sites for hydroxylation is 1. The Hall–Kier alpha value is -1.19. The van der Waals surface area contributed by atoms with E-state index in [2.05, 4.69) is 40.2 Å². The Morgan fingerprint density at radius 1 is 1.15 bits per heavy atom. The van der Waals surface area contributed by atoms with E-state index in [4.69, 9.17) is 4.74 Å². The fourth-order valence-corrected chi connectivity index (χ4v) is 3.00. The summed E-state index contributed by atoms with van der Waals surface area (Å²) in [5.74, 6) is -0.194. The quantitative estimate of drug-likeness (QED) is 0.712. The van der Waals surface area contributed by atoms with Crippen LogP contribution in [0.2, 0.25) is 0 Å². The van der Waals surface area contributed by atoms with Gasteiger partial charge < -0.3 is 4.74 Å². The van der Waals surface area contributed by atoms with Gasteiger partial charge in [0, 0.05) is 7.11 Å². The molecule has 2 aromatic carbocycles. The minimum atomic E-state index is -0.194.